The van der Waals surface area contributed by atoms with Gasteiger partial charge in [-0.05, 0) is 67.1 Å². The first-order valence-corrected chi connectivity index (χ1v) is 12.9. The number of aromatic nitrogens is 2. The van der Waals surface area contributed by atoms with Crippen LogP contribution in [0.25, 0.3) is 11.4 Å². The average Bonchev–Trinajstić information content (AvgIpc) is 3.27. The van der Waals surface area contributed by atoms with Crippen molar-refractivity contribution in [3.63, 3.8) is 0 Å². The molecule has 1 heterocycles. The lowest BCUT2D eigenvalue weighted by Crippen LogP contribution is -2.30. The smallest absolute Gasteiger partial charge is 0.271 e. The van der Waals surface area contributed by atoms with Gasteiger partial charge in [0.2, 0.25) is 0 Å². The number of carboxylic acids is 1. The zero-order chi connectivity index (χ0) is 28.5. The van der Waals surface area contributed by atoms with Gasteiger partial charge in [0.25, 0.3) is 5.91 Å². The lowest BCUT2D eigenvalue weighted by molar-refractivity contribution is -0.307. The van der Waals surface area contributed by atoms with Gasteiger partial charge in [-0.25, -0.2) is 9.37 Å². The highest BCUT2D eigenvalue weighted by Gasteiger charge is 2.26. The van der Waals surface area contributed by atoms with Crippen LogP contribution in [0.15, 0.2) is 48.5 Å². The number of rotatable bonds is 14. The van der Waals surface area contributed by atoms with Gasteiger partial charge < -0.3 is 34.7 Å². The maximum absolute atomic E-state index is 13.6. The van der Waals surface area contributed by atoms with Gasteiger partial charge in [-0.15, -0.1) is 0 Å². The minimum atomic E-state index is -1.40. The molecule has 0 spiro atoms. The minimum Gasteiger partial charge on any atom is -0.550 e. The minimum absolute atomic E-state index is 0.119. The predicted octanol–water partition coefficient (Wildman–Crippen LogP) is 2.44. The molecule has 39 heavy (non-hydrogen) atoms. The summed E-state index contributed by atoms with van der Waals surface area (Å²) < 4.78 is 20.7. The molecule has 0 fully saturated rings. The van der Waals surface area contributed by atoms with Crippen molar-refractivity contribution in [2.75, 3.05) is 13.7 Å². The van der Waals surface area contributed by atoms with E-state index >= 15 is 0 Å². The lowest BCUT2D eigenvalue weighted by Gasteiger charge is -2.19. The standard InChI is InChI=1S/C29H36FN3O6/c1-18(2)27-26(29(38)31-13-11-19-5-4-6-24(15-19)39-3)32-28(20-7-9-21(30)10-8-20)33(27)14-12-22(34)16-23(35)17-25(36)37/h4-10,15,18,22-23,34-35H,11-14,16-17H2,1-3H3,(H,31,38)(H,36,37)/p-1/t22-,23-/m1/s1. The van der Waals surface area contributed by atoms with E-state index in [4.69, 9.17) is 4.74 Å². The Bertz CT molecular complexity index is 1260. The largest absolute Gasteiger partial charge is 0.550 e. The fourth-order valence-corrected chi connectivity index (χ4v) is 4.48. The van der Waals surface area contributed by atoms with Gasteiger partial charge in [0, 0.05) is 31.0 Å². The highest BCUT2D eigenvalue weighted by atomic mass is 19.1. The first-order chi connectivity index (χ1) is 18.6. The number of hydrogen-bond acceptors (Lipinski definition) is 7. The number of benzene rings is 2. The predicted molar refractivity (Wildman–Crippen MR) is 142 cm³/mol. The van der Waals surface area contributed by atoms with Crippen LogP contribution in [-0.2, 0) is 17.8 Å². The second-order valence-electron chi connectivity index (χ2n) is 9.75. The molecule has 0 bridgehead atoms. The maximum Gasteiger partial charge on any atom is 0.271 e. The molecule has 0 saturated heterocycles. The summed E-state index contributed by atoms with van der Waals surface area (Å²) in [5.41, 5.74) is 2.49. The Morgan fingerprint density at radius 1 is 1.13 bits per heavy atom. The summed E-state index contributed by atoms with van der Waals surface area (Å²) in [6.07, 6.45) is -2.18. The number of nitrogens with one attached hydrogen (secondary N) is 1. The number of nitrogens with zero attached hydrogens (tertiary/aromatic N) is 2. The summed E-state index contributed by atoms with van der Waals surface area (Å²) in [6, 6.07) is 13.3. The molecule has 0 aliphatic carbocycles. The number of imidazole rings is 1. The Morgan fingerprint density at radius 2 is 1.85 bits per heavy atom. The Kier molecular flexibility index (Phi) is 10.6. The van der Waals surface area contributed by atoms with Crippen LogP contribution in [-0.4, -0.2) is 57.5 Å². The number of aliphatic carboxylic acids is 1. The van der Waals surface area contributed by atoms with Crippen LogP contribution < -0.4 is 15.2 Å². The van der Waals surface area contributed by atoms with E-state index in [0.717, 1.165) is 11.3 Å². The quantitative estimate of drug-likeness (QED) is 0.286. The van der Waals surface area contributed by atoms with Crippen LogP contribution >= 0.6 is 0 Å². The van der Waals surface area contributed by atoms with Crippen molar-refractivity contribution < 1.29 is 34.0 Å². The number of ether oxygens (including phenoxy) is 1. The normalized spacial score (nSPS) is 12.8. The molecule has 9 nitrogen and oxygen atoms in total. The highest BCUT2D eigenvalue weighted by Crippen LogP contribution is 2.29. The Labute approximate surface area is 227 Å². The number of halogens is 1. The third kappa shape index (κ3) is 8.36. The molecule has 0 radical (unpaired) electrons. The summed E-state index contributed by atoms with van der Waals surface area (Å²) in [7, 11) is 1.60. The molecular formula is C29H35FN3O6-. The topological polar surface area (TPSA) is 137 Å². The molecule has 0 saturated carbocycles. The SMILES string of the molecule is COc1cccc(CCNC(=O)c2nc(-c3ccc(F)cc3)n(CC[C@@H](O)C[C@@H](O)CC(=O)[O-])c2C(C)C)c1. The number of hydrogen-bond donors (Lipinski definition) is 3. The lowest BCUT2D eigenvalue weighted by atomic mass is 10.0. The zero-order valence-corrected chi connectivity index (χ0v) is 22.4. The van der Waals surface area contributed by atoms with Crippen molar-refractivity contribution in [1.82, 2.24) is 14.9 Å². The van der Waals surface area contributed by atoms with Crippen LogP contribution in [0.2, 0.25) is 0 Å². The summed E-state index contributed by atoms with van der Waals surface area (Å²) >= 11 is 0. The number of carbonyl (C=O) groups excluding carboxylic acids is 2. The Balaban J connectivity index is 1.84. The Hall–Kier alpha value is -3.76. The first-order valence-electron chi connectivity index (χ1n) is 12.9. The maximum atomic E-state index is 13.6. The molecule has 0 unspecified atom stereocenters. The monoisotopic (exact) mass is 540 g/mol. The molecule has 3 aromatic rings. The van der Waals surface area contributed by atoms with Crippen molar-refractivity contribution in [3.8, 4) is 17.1 Å². The van der Waals surface area contributed by atoms with Crippen molar-refractivity contribution >= 4 is 11.9 Å². The van der Waals surface area contributed by atoms with E-state index < -0.39 is 30.4 Å². The summed E-state index contributed by atoms with van der Waals surface area (Å²) in [6.45, 7) is 4.46. The number of carboxylic acid groups (broad SMARTS) is 1. The third-order valence-electron chi connectivity index (χ3n) is 6.34. The van der Waals surface area contributed by atoms with Gasteiger partial charge in [0.1, 0.15) is 23.1 Å². The fourth-order valence-electron chi connectivity index (χ4n) is 4.48. The van der Waals surface area contributed by atoms with E-state index in [2.05, 4.69) is 10.3 Å². The van der Waals surface area contributed by atoms with Gasteiger partial charge >= 0.3 is 0 Å². The third-order valence-corrected chi connectivity index (χ3v) is 6.34. The van der Waals surface area contributed by atoms with E-state index in [-0.39, 0.29) is 36.9 Å². The van der Waals surface area contributed by atoms with Gasteiger partial charge in [0.15, 0.2) is 0 Å². The van der Waals surface area contributed by atoms with E-state index in [1.54, 1.807) is 19.2 Å². The number of aliphatic hydroxyl groups is 2. The van der Waals surface area contributed by atoms with Gasteiger partial charge in [0.05, 0.1) is 25.0 Å². The molecule has 210 valence electrons. The molecule has 0 aliphatic rings. The van der Waals surface area contributed by atoms with Crippen molar-refractivity contribution in [3.05, 3.63) is 71.3 Å². The van der Waals surface area contributed by atoms with Crippen molar-refractivity contribution in [1.29, 1.82) is 0 Å². The van der Waals surface area contributed by atoms with Gasteiger partial charge in [-0.2, -0.15) is 0 Å². The number of carbonyl (C=O) groups is 2. The summed E-state index contributed by atoms with van der Waals surface area (Å²) in [5.74, 6) is -1.10. The van der Waals surface area contributed by atoms with E-state index in [9.17, 15) is 29.3 Å². The molecule has 2 atom stereocenters. The summed E-state index contributed by atoms with van der Waals surface area (Å²) in [4.78, 5) is 28.7. The highest BCUT2D eigenvalue weighted by molar-refractivity contribution is 5.94. The second-order valence-corrected chi connectivity index (χ2v) is 9.75. The zero-order valence-electron chi connectivity index (χ0n) is 22.4. The van der Waals surface area contributed by atoms with Gasteiger partial charge in [-0.1, -0.05) is 26.0 Å². The van der Waals surface area contributed by atoms with E-state index in [1.165, 1.54) is 12.1 Å². The molecule has 2 aromatic carbocycles. The van der Waals surface area contributed by atoms with Crippen LogP contribution in [0.1, 0.15) is 60.8 Å². The molecule has 1 aromatic heterocycles. The average molecular weight is 541 g/mol. The molecule has 3 N–H and O–H groups in total. The van der Waals surface area contributed by atoms with E-state index in [1.807, 2.05) is 42.7 Å². The van der Waals surface area contributed by atoms with Gasteiger partial charge in [-0.3, -0.25) is 4.79 Å². The van der Waals surface area contributed by atoms with E-state index in [0.29, 0.717) is 30.0 Å². The van der Waals surface area contributed by atoms with Crippen LogP contribution in [0.4, 0.5) is 4.39 Å². The number of methoxy groups -OCH3 is 1. The molecule has 1 amide bonds. The first kappa shape index (κ1) is 29.8. The number of aliphatic hydroxyl groups excluding tert-OH is 2. The van der Waals surface area contributed by atoms with Crippen LogP contribution in [0.3, 0.4) is 0 Å². The summed E-state index contributed by atoms with van der Waals surface area (Å²) in [5, 5.41) is 34.0. The molecule has 10 heteroatoms. The Morgan fingerprint density at radius 3 is 2.49 bits per heavy atom. The second kappa shape index (κ2) is 13.9. The molecular weight excluding hydrogens is 505 g/mol. The van der Waals surface area contributed by atoms with Crippen molar-refractivity contribution in [2.24, 2.45) is 0 Å². The van der Waals surface area contributed by atoms with Crippen LogP contribution in [0, 0.1) is 5.82 Å². The number of amides is 1. The fraction of sp³-hybridized carbons (Fsp3) is 0.414. The van der Waals surface area contributed by atoms with Crippen molar-refractivity contribution in [2.45, 2.75) is 64.2 Å². The molecule has 3 rings (SSSR count). The van der Waals surface area contributed by atoms with Crippen LogP contribution in [0.5, 0.6) is 5.75 Å². The molecule has 0 aliphatic heterocycles.